The Morgan fingerprint density at radius 2 is 2.05 bits per heavy atom. The van der Waals surface area contributed by atoms with Crippen molar-refractivity contribution in [2.24, 2.45) is 0 Å². The molecule has 0 bridgehead atoms. The molecule has 7 heteroatoms. The fourth-order valence-electron chi connectivity index (χ4n) is 1.51. The first-order valence-corrected chi connectivity index (χ1v) is 7.34. The molecule has 0 saturated heterocycles. The number of benzene rings is 1. The fraction of sp³-hybridized carbons (Fsp3) is 0.462. The minimum atomic E-state index is -4.53. The molecule has 1 aromatic carbocycles. The second-order valence-corrected chi connectivity index (χ2v) is 5.44. The number of halogens is 3. The number of carbonyl (C=O) groups excluding carboxylic acids is 1. The van der Waals surface area contributed by atoms with Crippen LogP contribution in [0.25, 0.3) is 0 Å². The Labute approximate surface area is 120 Å². The van der Waals surface area contributed by atoms with Crippen LogP contribution in [0, 0.1) is 0 Å². The summed E-state index contributed by atoms with van der Waals surface area (Å²) in [5, 5.41) is 2.45. The van der Waals surface area contributed by atoms with Gasteiger partial charge in [-0.05, 0) is 30.4 Å². The van der Waals surface area contributed by atoms with E-state index in [-0.39, 0.29) is 23.7 Å². The zero-order valence-corrected chi connectivity index (χ0v) is 11.9. The van der Waals surface area contributed by atoms with Crippen LogP contribution in [0.1, 0.15) is 25.3 Å². The van der Waals surface area contributed by atoms with E-state index in [0.717, 1.165) is 24.3 Å². The Hall–Kier alpha value is -1.37. The van der Waals surface area contributed by atoms with Crippen LogP contribution in [0.3, 0.4) is 0 Å². The molecule has 0 unspecified atom stereocenters. The van der Waals surface area contributed by atoms with Gasteiger partial charge in [0.15, 0.2) is 0 Å². The summed E-state index contributed by atoms with van der Waals surface area (Å²) in [7, 11) is 0. The van der Waals surface area contributed by atoms with Crippen LogP contribution in [-0.4, -0.2) is 17.4 Å². The molecule has 0 aliphatic rings. The molecule has 0 saturated carbocycles. The van der Waals surface area contributed by atoms with Gasteiger partial charge in [0.05, 0.1) is 5.56 Å². The topological polar surface area (TPSA) is 55.1 Å². The average Bonchev–Trinajstić information content (AvgIpc) is 2.36. The highest BCUT2D eigenvalue weighted by Crippen LogP contribution is 2.35. The van der Waals surface area contributed by atoms with Crippen LogP contribution in [0.2, 0.25) is 0 Å². The summed E-state index contributed by atoms with van der Waals surface area (Å²) in [6.45, 7) is 2.04. The quantitative estimate of drug-likeness (QED) is 0.621. The minimum Gasteiger partial charge on any atom is -0.398 e. The Morgan fingerprint density at radius 1 is 1.35 bits per heavy atom. The first-order chi connectivity index (χ1) is 9.34. The highest BCUT2D eigenvalue weighted by atomic mass is 32.2. The van der Waals surface area contributed by atoms with Crippen molar-refractivity contribution in [1.29, 1.82) is 0 Å². The van der Waals surface area contributed by atoms with Gasteiger partial charge in [0.25, 0.3) is 0 Å². The molecule has 3 nitrogen and oxygen atoms in total. The van der Waals surface area contributed by atoms with Crippen molar-refractivity contribution in [2.75, 3.05) is 22.6 Å². The van der Waals surface area contributed by atoms with E-state index in [1.165, 1.54) is 6.07 Å². The molecule has 1 amide bonds. The van der Waals surface area contributed by atoms with Gasteiger partial charge in [0.1, 0.15) is 0 Å². The Bertz CT molecular complexity index is 463. The molecule has 112 valence electrons. The maximum absolute atomic E-state index is 12.7. The van der Waals surface area contributed by atoms with Crippen molar-refractivity contribution >= 4 is 29.0 Å². The minimum absolute atomic E-state index is 0.108. The number of alkyl halides is 3. The van der Waals surface area contributed by atoms with Crippen molar-refractivity contribution in [2.45, 2.75) is 25.9 Å². The maximum atomic E-state index is 12.7. The highest BCUT2D eigenvalue weighted by Gasteiger charge is 2.33. The predicted molar refractivity (Wildman–Crippen MR) is 76.7 cm³/mol. The van der Waals surface area contributed by atoms with Gasteiger partial charge < -0.3 is 11.1 Å². The Balaban J connectivity index is 2.62. The smallest absolute Gasteiger partial charge is 0.398 e. The molecule has 0 aliphatic carbocycles. The van der Waals surface area contributed by atoms with Gasteiger partial charge in [-0.1, -0.05) is 6.92 Å². The lowest BCUT2D eigenvalue weighted by Gasteiger charge is -2.12. The van der Waals surface area contributed by atoms with Crippen molar-refractivity contribution in [3.63, 3.8) is 0 Å². The summed E-state index contributed by atoms with van der Waals surface area (Å²) in [4.78, 5) is 11.6. The zero-order chi connectivity index (χ0) is 15.2. The van der Waals surface area contributed by atoms with Crippen LogP contribution in [0.4, 0.5) is 24.5 Å². The number of rotatable bonds is 6. The zero-order valence-electron chi connectivity index (χ0n) is 11.1. The summed E-state index contributed by atoms with van der Waals surface area (Å²) < 4.78 is 38.0. The summed E-state index contributed by atoms with van der Waals surface area (Å²) in [5.74, 6) is 1.32. The molecular weight excluding hydrogens is 289 g/mol. The van der Waals surface area contributed by atoms with E-state index in [2.05, 4.69) is 5.32 Å². The van der Waals surface area contributed by atoms with Crippen molar-refractivity contribution in [3.8, 4) is 0 Å². The summed E-state index contributed by atoms with van der Waals surface area (Å²) in [6.07, 6.45) is -3.22. The number of hydrogen-bond acceptors (Lipinski definition) is 3. The number of carbonyl (C=O) groups is 1. The fourth-order valence-corrected chi connectivity index (χ4v) is 2.34. The summed E-state index contributed by atoms with van der Waals surface area (Å²) in [6, 6.07) is 3.36. The SMILES string of the molecule is CCCSCCC(=O)Nc1ccc(N)c(C(F)(F)F)c1. The van der Waals surface area contributed by atoms with E-state index in [9.17, 15) is 18.0 Å². The van der Waals surface area contributed by atoms with Crippen LogP contribution < -0.4 is 11.1 Å². The molecule has 0 atom stereocenters. The molecule has 1 aromatic rings. The molecule has 0 aliphatic heterocycles. The summed E-state index contributed by atoms with van der Waals surface area (Å²) >= 11 is 1.64. The number of hydrogen-bond donors (Lipinski definition) is 2. The number of thioether (sulfide) groups is 1. The molecular formula is C13H17F3N2OS. The van der Waals surface area contributed by atoms with E-state index in [4.69, 9.17) is 5.73 Å². The van der Waals surface area contributed by atoms with Crippen LogP contribution in [-0.2, 0) is 11.0 Å². The molecule has 0 aromatic heterocycles. The molecule has 1 rings (SSSR count). The van der Waals surface area contributed by atoms with Gasteiger partial charge in [-0.25, -0.2) is 0 Å². The average molecular weight is 306 g/mol. The van der Waals surface area contributed by atoms with Gasteiger partial charge in [-0.2, -0.15) is 24.9 Å². The maximum Gasteiger partial charge on any atom is 0.418 e. The third-order valence-corrected chi connectivity index (χ3v) is 3.65. The van der Waals surface area contributed by atoms with E-state index < -0.39 is 11.7 Å². The van der Waals surface area contributed by atoms with Gasteiger partial charge >= 0.3 is 6.18 Å². The Kier molecular flexibility index (Phi) is 6.19. The lowest BCUT2D eigenvalue weighted by molar-refractivity contribution is -0.136. The number of nitrogens with two attached hydrogens (primary N) is 1. The van der Waals surface area contributed by atoms with Gasteiger partial charge in [-0.15, -0.1) is 0 Å². The molecule has 0 fully saturated rings. The number of anilines is 2. The molecule has 0 radical (unpaired) electrons. The second kappa shape index (κ2) is 7.42. The lowest BCUT2D eigenvalue weighted by atomic mass is 10.1. The van der Waals surface area contributed by atoms with Crippen molar-refractivity contribution in [1.82, 2.24) is 0 Å². The third kappa shape index (κ3) is 5.32. The van der Waals surface area contributed by atoms with Crippen molar-refractivity contribution < 1.29 is 18.0 Å². The first-order valence-electron chi connectivity index (χ1n) is 6.19. The molecule has 0 heterocycles. The van der Waals surface area contributed by atoms with Gasteiger partial charge in [0.2, 0.25) is 5.91 Å². The van der Waals surface area contributed by atoms with Crippen LogP contribution in [0.5, 0.6) is 0 Å². The van der Waals surface area contributed by atoms with E-state index in [1.807, 2.05) is 6.92 Å². The second-order valence-electron chi connectivity index (χ2n) is 4.21. The van der Waals surface area contributed by atoms with Gasteiger partial charge in [0, 0.05) is 23.5 Å². The Morgan fingerprint density at radius 3 is 2.65 bits per heavy atom. The normalized spacial score (nSPS) is 11.4. The van der Waals surface area contributed by atoms with E-state index in [1.54, 1.807) is 11.8 Å². The van der Waals surface area contributed by atoms with Gasteiger partial charge in [-0.3, -0.25) is 4.79 Å². The number of nitrogens with one attached hydrogen (secondary N) is 1. The summed E-state index contributed by atoms with van der Waals surface area (Å²) in [5.41, 5.74) is 4.10. The number of amides is 1. The predicted octanol–water partition coefficient (Wildman–Crippen LogP) is 3.76. The van der Waals surface area contributed by atoms with E-state index in [0.29, 0.717) is 5.75 Å². The van der Waals surface area contributed by atoms with E-state index >= 15 is 0 Å². The monoisotopic (exact) mass is 306 g/mol. The van der Waals surface area contributed by atoms with Crippen LogP contribution in [0.15, 0.2) is 18.2 Å². The molecule has 3 N–H and O–H groups in total. The lowest BCUT2D eigenvalue weighted by Crippen LogP contribution is -2.14. The number of nitrogen functional groups attached to an aromatic ring is 1. The van der Waals surface area contributed by atoms with Crippen LogP contribution >= 0.6 is 11.8 Å². The highest BCUT2D eigenvalue weighted by molar-refractivity contribution is 7.99. The standard InChI is InChI=1S/C13H17F3N2OS/c1-2-6-20-7-5-12(19)18-9-3-4-11(17)10(8-9)13(14,15)16/h3-4,8H,2,5-7,17H2,1H3,(H,18,19). The largest absolute Gasteiger partial charge is 0.418 e. The molecule has 0 spiro atoms. The first kappa shape index (κ1) is 16.7. The molecule has 20 heavy (non-hydrogen) atoms. The van der Waals surface area contributed by atoms with Crippen molar-refractivity contribution in [3.05, 3.63) is 23.8 Å². The third-order valence-electron chi connectivity index (χ3n) is 2.46.